The lowest BCUT2D eigenvalue weighted by atomic mass is 9.68. The number of hydrogen-bond donors (Lipinski definition) is 1. The summed E-state index contributed by atoms with van der Waals surface area (Å²) in [5.74, 6) is -1.50. The first-order valence-electron chi connectivity index (χ1n) is 11.2. The molecule has 0 spiro atoms. The Labute approximate surface area is 191 Å². The lowest BCUT2D eigenvalue weighted by Gasteiger charge is -2.39. The summed E-state index contributed by atoms with van der Waals surface area (Å²) in [6.45, 7) is 6.44. The standard InChI is InChI=1S/C25H28F3NO4/c1-14-20(23(31)33-13-17-5-4-10-32-17)21(15-6-8-16(9-7-15)25(26,27)28)22-18(29-14)11-24(2,3)12-19(22)30/h6-9,17,21,29H,4-5,10-13H2,1-3H3/t17-,21-/m1/s1. The maximum Gasteiger partial charge on any atom is 0.416 e. The highest BCUT2D eigenvalue weighted by atomic mass is 19.4. The molecule has 1 aliphatic carbocycles. The van der Waals surface area contributed by atoms with Crippen LogP contribution in [0.3, 0.4) is 0 Å². The summed E-state index contributed by atoms with van der Waals surface area (Å²) in [6, 6.07) is 4.66. The fourth-order valence-corrected chi connectivity index (χ4v) is 4.93. The molecule has 33 heavy (non-hydrogen) atoms. The maximum absolute atomic E-state index is 13.2. The van der Waals surface area contributed by atoms with Gasteiger partial charge in [0.05, 0.1) is 17.2 Å². The van der Waals surface area contributed by atoms with Gasteiger partial charge in [-0.1, -0.05) is 26.0 Å². The Morgan fingerprint density at radius 3 is 2.52 bits per heavy atom. The van der Waals surface area contributed by atoms with Crippen molar-refractivity contribution in [3.05, 3.63) is 57.9 Å². The third-order valence-corrected chi connectivity index (χ3v) is 6.46. The van der Waals surface area contributed by atoms with Crippen LogP contribution in [0.15, 0.2) is 46.8 Å². The average molecular weight is 463 g/mol. The largest absolute Gasteiger partial charge is 0.459 e. The van der Waals surface area contributed by atoms with Crippen molar-refractivity contribution in [2.24, 2.45) is 5.41 Å². The SMILES string of the molecule is CC1=C(C(=O)OC[C@H]2CCCO2)[C@@H](c2ccc(C(F)(F)F)cc2)C2=C(CC(C)(C)CC2=O)N1. The molecule has 1 aromatic rings. The lowest BCUT2D eigenvalue weighted by Crippen LogP contribution is -2.39. The molecular weight excluding hydrogens is 435 g/mol. The Bertz CT molecular complexity index is 1020. The molecule has 0 aromatic heterocycles. The van der Waals surface area contributed by atoms with Crippen molar-refractivity contribution in [1.29, 1.82) is 0 Å². The normalized spacial score (nSPS) is 25.1. The van der Waals surface area contributed by atoms with Gasteiger partial charge in [-0.25, -0.2) is 4.79 Å². The highest BCUT2D eigenvalue weighted by Crippen LogP contribution is 2.47. The topological polar surface area (TPSA) is 64.6 Å². The van der Waals surface area contributed by atoms with E-state index in [1.807, 2.05) is 13.8 Å². The minimum Gasteiger partial charge on any atom is -0.459 e. The molecule has 2 atom stereocenters. The van der Waals surface area contributed by atoms with Crippen LogP contribution in [0.25, 0.3) is 0 Å². The Balaban J connectivity index is 1.73. The molecule has 1 aromatic carbocycles. The van der Waals surface area contributed by atoms with Crippen molar-refractivity contribution >= 4 is 11.8 Å². The second-order valence-corrected chi connectivity index (χ2v) is 9.78. The van der Waals surface area contributed by atoms with E-state index in [1.165, 1.54) is 12.1 Å². The van der Waals surface area contributed by atoms with Gasteiger partial charge in [0.1, 0.15) is 6.61 Å². The van der Waals surface area contributed by atoms with Gasteiger partial charge in [0.25, 0.3) is 0 Å². The van der Waals surface area contributed by atoms with Crippen molar-refractivity contribution in [3.8, 4) is 0 Å². The minimum absolute atomic E-state index is 0.0994. The number of alkyl halides is 3. The van der Waals surface area contributed by atoms with Crippen LogP contribution in [0.5, 0.6) is 0 Å². The van der Waals surface area contributed by atoms with Gasteiger partial charge < -0.3 is 14.8 Å². The summed E-state index contributed by atoms with van der Waals surface area (Å²) < 4.78 is 50.4. The first-order chi connectivity index (χ1) is 15.5. The zero-order valence-electron chi connectivity index (χ0n) is 19.0. The Hall–Kier alpha value is -2.61. The molecule has 1 saturated heterocycles. The van der Waals surface area contributed by atoms with Gasteiger partial charge >= 0.3 is 12.1 Å². The first kappa shape index (κ1) is 23.5. The number of dihydropyridines is 1. The molecule has 0 radical (unpaired) electrons. The summed E-state index contributed by atoms with van der Waals surface area (Å²) in [5.41, 5.74) is 1.35. The van der Waals surface area contributed by atoms with Crippen molar-refractivity contribution in [3.63, 3.8) is 0 Å². The van der Waals surface area contributed by atoms with Crippen LogP contribution >= 0.6 is 0 Å². The van der Waals surface area contributed by atoms with E-state index in [0.29, 0.717) is 42.0 Å². The van der Waals surface area contributed by atoms with Crippen LogP contribution in [-0.4, -0.2) is 31.1 Å². The second-order valence-electron chi connectivity index (χ2n) is 9.78. The number of halogens is 3. The zero-order chi connectivity index (χ0) is 24.0. The number of Topliss-reactive ketones (excluding diaryl/α,β-unsaturated/α-hetero) is 1. The van der Waals surface area contributed by atoms with Crippen molar-refractivity contribution in [1.82, 2.24) is 5.32 Å². The summed E-state index contributed by atoms with van der Waals surface area (Å²) in [7, 11) is 0. The number of ketones is 1. The Morgan fingerprint density at radius 1 is 1.21 bits per heavy atom. The third kappa shape index (κ3) is 4.86. The monoisotopic (exact) mass is 463 g/mol. The Morgan fingerprint density at radius 2 is 1.91 bits per heavy atom. The van der Waals surface area contributed by atoms with Crippen LogP contribution in [0.4, 0.5) is 13.2 Å². The van der Waals surface area contributed by atoms with Crippen LogP contribution in [0.2, 0.25) is 0 Å². The summed E-state index contributed by atoms with van der Waals surface area (Å²) >= 11 is 0. The molecule has 0 amide bonds. The van der Waals surface area contributed by atoms with Gasteiger partial charge in [-0.05, 0) is 49.3 Å². The molecule has 178 valence electrons. The van der Waals surface area contributed by atoms with Crippen molar-refractivity contribution < 1.29 is 32.2 Å². The van der Waals surface area contributed by atoms with Crippen LogP contribution < -0.4 is 5.32 Å². The quantitative estimate of drug-likeness (QED) is 0.635. The molecule has 1 fully saturated rings. The molecule has 1 N–H and O–H groups in total. The van der Waals surface area contributed by atoms with Gasteiger partial charge in [0.15, 0.2) is 5.78 Å². The van der Waals surface area contributed by atoms with Gasteiger partial charge in [-0.2, -0.15) is 13.2 Å². The number of benzene rings is 1. The number of rotatable bonds is 4. The number of nitrogens with one attached hydrogen (secondary N) is 1. The zero-order valence-corrected chi connectivity index (χ0v) is 19.0. The van der Waals surface area contributed by atoms with E-state index in [0.717, 1.165) is 25.0 Å². The molecule has 3 aliphatic rings. The van der Waals surface area contributed by atoms with Crippen LogP contribution in [0, 0.1) is 5.41 Å². The van der Waals surface area contributed by atoms with E-state index in [2.05, 4.69) is 5.32 Å². The molecule has 2 aliphatic heterocycles. The molecule has 4 rings (SSSR count). The van der Waals surface area contributed by atoms with Crippen LogP contribution in [0.1, 0.15) is 63.5 Å². The fraction of sp³-hybridized carbons (Fsp3) is 0.520. The average Bonchev–Trinajstić information content (AvgIpc) is 3.23. The molecule has 2 heterocycles. The van der Waals surface area contributed by atoms with Gasteiger partial charge in [0, 0.05) is 35.9 Å². The molecular formula is C25H28F3NO4. The summed E-state index contributed by atoms with van der Waals surface area (Å²) in [5, 5.41) is 3.22. The molecule has 0 bridgehead atoms. The van der Waals surface area contributed by atoms with E-state index in [1.54, 1.807) is 6.92 Å². The highest BCUT2D eigenvalue weighted by molar-refractivity contribution is 6.04. The number of hydrogen-bond acceptors (Lipinski definition) is 5. The smallest absolute Gasteiger partial charge is 0.416 e. The predicted octanol–water partition coefficient (Wildman–Crippen LogP) is 5.03. The van der Waals surface area contributed by atoms with Gasteiger partial charge in [0.2, 0.25) is 0 Å². The summed E-state index contributed by atoms with van der Waals surface area (Å²) in [4.78, 5) is 26.4. The third-order valence-electron chi connectivity index (χ3n) is 6.46. The number of ether oxygens (including phenoxy) is 2. The van der Waals surface area contributed by atoms with E-state index in [-0.39, 0.29) is 29.5 Å². The maximum atomic E-state index is 13.2. The minimum atomic E-state index is -4.48. The Kier molecular flexibility index (Phi) is 6.16. The fourth-order valence-electron chi connectivity index (χ4n) is 4.93. The van der Waals surface area contributed by atoms with E-state index in [4.69, 9.17) is 9.47 Å². The molecule has 0 saturated carbocycles. The van der Waals surface area contributed by atoms with Crippen molar-refractivity contribution in [2.75, 3.05) is 13.2 Å². The number of carbonyl (C=O) groups is 2. The van der Waals surface area contributed by atoms with Crippen molar-refractivity contribution in [2.45, 2.75) is 64.7 Å². The molecule has 5 nitrogen and oxygen atoms in total. The number of carbonyl (C=O) groups excluding carboxylic acids is 2. The molecule has 0 unspecified atom stereocenters. The molecule has 8 heteroatoms. The van der Waals surface area contributed by atoms with Crippen LogP contribution in [-0.2, 0) is 25.2 Å². The van der Waals surface area contributed by atoms with E-state index >= 15 is 0 Å². The van der Waals surface area contributed by atoms with Gasteiger partial charge in [-0.3, -0.25) is 4.79 Å². The lowest BCUT2D eigenvalue weighted by molar-refractivity contribution is -0.142. The van der Waals surface area contributed by atoms with E-state index < -0.39 is 23.6 Å². The number of esters is 1. The van der Waals surface area contributed by atoms with E-state index in [9.17, 15) is 22.8 Å². The summed E-state index contributed by atoms with van der Waals surface area (Å²) in [6.07, 6.45) is -2.04. The second kappa shape index (κ2) is 8.63. The first-order valence-corrected chi connectivity index (χ1v) is 11.2. The predicted molar refractivity (Wildman–Crippen MR) is 115 cm³/mol. The number of allylic oxidation sites excluding steroid dienone is 3. The highest BCUT2D eigenvalue weighted by Gasteiger charge is 2.43. The van der Waals surface area contributed by atoms with Gasteiger partial charge in [-0.15, -0.1) is 0 Å².